The van der Waals surface area contributed by atoms with Gasteiger partial charge in [0.25, 0.3) is 0 Å². The molecule has 8 nitrogen and oxygen atoms in total. The average Bonchev–Trinajstić information content (AvgIpc) is 3.46. The number of fused-ring (bicyclic) bond motifs is 1. The maximum absolute atomic E-state index is 14.6. The van der Waals surface area contributed by atoms with Gasteiger partial charge in [-0.2, -0.15) is 4.68 Å². The summed E-state index contributed by atoms with van der Waals surface area (Å²) in [4.78, 5) is 28.6. The molecule has 0 bridgehead atoms. The topological polar surface area (TPSA) is 93.0 Å². The second-order valence-corrected chi connectivity index (χ2v) is 8.66. The fraction of sp³-hybridized carbons (Fsp3) is 0.375. The first-order chi connectivity index (χ1) is 16.0. The SMILES string of the molecule is Cc1nnnn1-c1ccc(F)c(NC(=O)C2CCCCC2C(=O)N2CCc3ccccc32)c1. The molecule has 33 heavy (non-hydrogen) atoms. The van der Waals surface area contributed by atoms with E-state index in [0.29, 0.717) is 30.9 Å². The molecule has 2 amide bonds. The first-order valence-corrected chi connectivity index (χ1v) is 11.3. The maximum atomic E-state index is 14.6. The molecule has 2 atom stereocenters. The maximum Gasteiger partial charge on any atom is 0.230 e. The van der Waals surface area contributed by atoms with Gasteiger partial charge in [-0.25, -0.2) is 4.39 Å². The first kappa shape index (κ1) is 21.2. The molecule has 1 aromatic heterocycles. The van der Waals surface area contributed by atoms with Crippen LogP contribution in [0.5, 0.6) is 0 Å². The van der Waals surface area contributed by atoms with E-state index < -0.39 is 17.7 Å². The molecule has 1 aliphatic heterocycles. The number of hydrogen-bond donors (Lipinski definition) is 1. The van der Waals surface area contributed by atoms with Crippen LogP contribution in [0.4, 0.5) is 15.8 Å². The summed E-state index contributed by atoms with van der Waals surface area (Å²) in [5.74, 6) is -1.27. The number of halogens is 1. The summed E-state index contributed by atoms with van der Waals surface area (Å²) in [6.07, 6.45) is 3.84. The van der Waals surface area contributed by atoms with E-state index in [1.165, 1.54) is 16.8 Å². The standard InChI is InChI=1S/C24H25FN6O2/c1-15-27-28-29-31(15)17-10-11-20(25)21(14-17)26-23(32)18-7-3-4-8-19(18)24(33)30-13-12-16-6-2-5-9-22(16)30/h2,5-6,9-11,14,18-19H,3-4,7-8,12-13H2,1H3,(H,26,32). The van der Waals surface area contributed by atoms with Gasteiger partial charge in [-0.1, -0.05) is 31.0 Å². The van der Waals surface area contributed by atoms with Crippen molar-refractivity contribution in [1.29, 1.82) is 0 Å². The monoisotopic (exact) mass is 448 g/mol. The molecule has 0 spiro atoms. The van der Waals surface area contributed by atoms with Gasteiger partial charge >= 0.3 is 0 Å². The minimum absolute atomic E-state index is 0.0154. The van der Waals surface area contributed by atoms with Crippen molar-refractivity contribution in [2.24, 2.45) is 11.8 Å². The number of carbonyl (C=O) groups excluding carboxylic acids is 2. The van der Waals surface area contributed by atoms with Crippen LogP contribution in [0.15, 0.2) is 42.5 Å². The molecule has 0 radical (unpaired) electrons. The van der Waals surface area contributed by atoms with Gasteiger partial charge in [-0.3, -0.25) is 9.59 Å². The first-order valence-electron chi connectivity index (χ1n) is 11.3. The number of tetrazole rings is 1. The number of carbonyl (C=O) groups is 2. The Hall–Kier alpha value is -3.62. The summed E-state index contributed by atoms with van der Waals surface area (Å²) in [6.45, 7) is 2.36. The summed E-state index contributed by atoms with van der Waals surface area (Å²) in [5.41, 5.74) is 2.68. The highest BCUT2D eigenvalue weighted by Crippen LogP contribution is 2.36. The zero-order valence-corrected chi connectivity index (χ0v) is 18.4. The summed E-state index contributed by atoms with van der Waals surface area (Å²) in [5, 5.41) is 14.1. The van der Waals surface area contributed by atoms with Gasteiger partial charge < -0.3 is 10.2 Å². The van der Waals surface area contributed by atoms with E-state index in [1.807, 2.05) is 29.2 Å². The number of para-hydroxylation sites is 1. The lowest BCUT2D eigenvalue weighted by atomic mass is 9.77. The number of hydrogen-bond acceptors (Lipinski definition) is 5. The quantitative estimate of drug-likeness (QED) is 0.660. The van der Waals surface area contributed by atoms with Crippen molar-refractivity contribution < 1.29 is 14.0 Å². The van der Waals surface area contributed by atoms with Gasteiger partial charge in [0.15, 0.2) is 5.82 Å². The number of amides is 2. The normalized spacial score (nSPS) is 19.9. The lowest BCUT2D eigenvalue weighted by Crippen LogP contribution is -2.43. The molecule has 0 saturated heterocycles. The Labute approximate surface area is 190 Å². The Morgan fingerprint density at radius 2 is 1.88 bits per heavy atom. The van der Waals surface area contributed by atoms with Gasteiger partial charge in [-0.15, -0.1) is 5.10 Å². The minimum atomic E-state index is -0.551. The number of nitrogens with zero attached hydrogens (tertiary/aromatic N) is 5. The molecule has 1 N–H and O–H groups in total. The molecule has 2 aromatic carbocycles. The van der Waals surface area contributed by atoms with Crippen LogP contribution >= 0.6 is 0 Å². The third kappa shape index (κ3) is 3.99. The van der Waals surface area contributed by atoms with Crippen LogP contribution in [0.1, 0.15) is 37.1 Å². The van der Waals surface area contributed by atoms with Crippen molar-refractivity contribution in [3.05, 3.63) is 59.7 Å². The second kappa shape index (κ2) is 8.73. The molecule has 2 heterocycles. The van der Waals surface area contributed by atoms with Crippen molar-refractivity contribution in [3.63, 3.8) is 0 Å². The molecule has 3 aromatic rings. The molecule has 170 valence electrons. The molecular weight excluding hydrogens is 423 g/mol. The van der Waals surface area contributed by atoms with Crippen molar-refractivity contribution in [1.82, 2.24) is 20.2 Å². The molecule has 1 aliphatic carbocycles. The van der Waals surface area contributed by atoms with Crippen LogP contribution in [0, 0.1) is 24.6 Å². The number of aromatic nitrogens is 4. The predicted octanol–water partition coefficient (Wildman–Crippen LogP) is 3.44. The summed E-state index contributed by atoms with van der Waals surface area (Å²) < 4.78 is 16.0. The van der Waals surface area contributed by atoms with Crippen molar-refractivity contribution in [3.8, 4) is 5.69 Å². The summed E-state index contributed by atoms with van der Waals surface area (Å²) in [7, 11) is 0. The second-order valence-electron chi connectivity index (χ2n) is 8.66. The lowest BCUT2D eigenvalue weighted by Gasteiger charge is -2.32. The summed E-state index contributed by atoms with van der Waals surface area (Å²) in [6, 6.07) is 12.2. The number of anilines is 2. The third-order valence-corrected chi connectivity index (χ3v) is 6.65. The van der Waals surface area contributed by atoms with Gasteiger partial charge in [0, 0.05) is 18.2 Å². The Morgan fingerprint density at radius 3 is 2.67 bits per heavy atom. The lowest BCUT2D eigenvalue weighted by molar-refractivity contribution is -0.132. The van der Waals surface area contributed by atoms with E-state index in [4.69, 9.17) is 0 Å². The average molecular weight is 449 g/mol. The Morgan fingerprint density at radius 1 is 1.09 bits per heavy atom. The number of aryl methyl sites for hydroxylation is 1. The Balaban J connectivity index is 1.37. The predicted molar refractivity (Wildman–Crippen MR) is 120 cm³/mol. The van der Waals surface area contributed by atoms with E-state index in [2.05, 4.69) is 20.8 Å². The van der Waals surface area contributed by atoms with Crippen LogP contribution in [0.2, 0.25) is 0 Å². The highest BCUT2D eigenvalue weighted by Gasteiger charge is 2.39. The number of nitrogens with one attached hydrogen (secondary N) is 1. The van der Waals surface area contributed by atoms with Crippen LogP contribution in [-0.4, -0.2) is 38.6 Å². The van der Waals surface area contributed by atoms with E-state index in [9.17, 15) is 14.0 Å². The van der Waals surface area contributed by atoms with E-state index in [0.717, 1.165) is 30.5 Å². The molecular formula is C24H25FN6O2. The zero-order chi connectivity index (χ0) is 22.9. The summed E-state index contributed by atoms with van der Waals surface area (Å²) >= 11 is 0. The van der Waals surface area contributed by atoms with Gasteiger partial charge in [0.2, 0.25) is 11.8 Å². The van der Waals surface area contributed by atoms with Crippen LogP contribution in [-0.2, 0) is 16.0 Å². The Kier molecular flexibility index (Phi) is 5.62. The smallest absolute Gasteiger partial charge is 0.230 e. The highest BCUT2D eigenvalue weighted by atomic mass is 19.1. The van der Waals surface area contributed by atoms with Crippen molar-refractivity contribution in [2.45, 2.75) is 39.0 Å². The molecule has 2 unspecified atom stereocenters. The zero-order valence-electron chi connectivity index (χ0n) is 18.4. The van der Waals surface area contributed by atoms with Crippen LogP contribution in [0.25, 0.3) is 5.69 Å². The third-order valence-electron chi connectivity index (χ3n) is 6.65. The molecule has 5 rings (SSSR count). The molecule has 1 fully saturated rings. The fourth-order valence-corrected chi connectivity index (χ4v) is 4.94. The van der Waals surface area contributed by atoms with E-state index in [-0.39, 0.29) is 17.5 Å². The Bertz CT molecular complexity index is 1210. The minimum Gasteiger partial charge on any atom is -0.323 e. The largest absolute Gasteiger partial charge is 0.323 e. The van der Waals surface area contributed by atoms with Crippen molar-refractivity contribution in [2.75, 3.05) is 16.8 Å². The van der Waals surface area contributed by atoms with Crippen molar-refractivity contribution >= 4 is 23.2 Å². The molecule has 9 heteroatoms. The van der Waals surface area contributed by atoms with E-state index >= 15 is 0 Å². The highest BCUT2D eigenvalue weighted by molar-refractivity contribution is 6.02. The molecule has 1 saturated carbocycles. The van der Waals surface area contributed by atoms with Gasteiger partial charge in [0.1, 0.15) is 5.82 Å². The fourth-order valence-electron chi connectivity index (χ4n) is 4.94. The van der Waals surface area contributed by atoms with Crippen LogP contribution in [0.3, 0.4) is 0 Å². The van der Waals surface area contributed by atoms with Crippen LogP contribution < -0.4 is 10.2 Å². The van der Waals surface area contributed by atoms with Gasteiger partial charge in [0.05, 0.1) is 17.3 Å². The van der Waals surface area contributed by atoms with Gasteiger partial charge in [-0.05, 0) is 66.4 Å². The van der Waals surface area contributed by atoms with E-state index in [1.54, 1.807) is 13.0 Å². The number of benzene rings is 2. The number of rotatable bonds is 4. The molecule has 2 aliphatic rings.